The summed E-state index contributed by atoms with van der Waals surface area (Å²) in [7, 11) is 1.30. The second-order valence-corrected chi connectivity index (χ2v) is 5.51. The van der Waals surface area contributed by atoms with Crippen molar-refractivity contribution in [1.82, 2.24) is 5.32 Å². The molecule has 0 spiro atoms. The van der Waals surface area contributed by atoms with Crippen molar-refractivity contribution in [1.29, 1.82) is 0 Å². The van der Waals surface area contributed by atoms with E-state index in [9.17, 15) is 14.4 Å². The maximum atomic E-state index is 12.0. The zero-order valence-electron chi connectivity index (χ0n) is 13.5. The Morgan fingerprint density at radius 1 is 1.04 bits per heavy atom. The molecule has 0 aromatic heterocycles. The van der Waals surface area contributed by atoms with Crippen molar-refractivity contribution in [3.8, 4) is 0 Å². The fourth-order valence-electron chi connectivity index (χ4n) is 2.06. The highest BCUT2D eigenvalue weighted by Crippen LogP contribution is 2.14. The van der Waals surface area contributed by atoms with Crippen LogP contribution in [0.1, 0.15) is 27.1 Å². The van der Waals surface area contributed by atoms with E-state index in [1.165, 1.54) is 7.11 Å². The normalized spacial score (nSPS) is 10.0. The highest BCUT2D eigenvalue weighted by Gasteiger charge is 2.10. The van der Waals surface area contributed by atoms with Crippen molar-refractivity contribution in [2.24, 2.45) is 0 Å². The highest BCUT2D eigenvalue weighted by atomic mass is 35.5. The van der Waals surface area contributed by atoms with Crippen LogP contribution in [0, 0.1) is 0 Å². The number of hydrogen-bond acceptors (Lipinski definition) is 4. The Labute approximate surface area is 150 Å². The number of hydrogen-bond donors (Lipinski definition) is 2. The van der Waals surface area contributed by atoms with Gasteiger partial charge in [0.2, 0.25) is 5.91 Å². The molecule has 25 heavy (non-hydrogen) atoms. The molecule has 7 heteroatoms. The lowest BCUT2D eigenvalue weighted by Crippen LogP contribution is -2.27. The summed E-state index contributed by atoms with van der Waals surface area (Å²) in [5, 5.41) is 5.68. The summed E-state index contributed by atoms with van der Waals surface area (Å²) in [5.74, 6) is -1.04. The van der Waals surface area contributed by atoms with Crippen molar-refractivity contribution in [2.75, 3.05) is 19.0 Å². The molecule has 0 fully saturated rings. The Kier molecular flexibility index (Phi) is 6.54. The SMILES string of the molecule is COC(=O)c1ccc(NC(=O)CCNC(=O)c2ccccc2Cl)cc1. The molecule has 0 radical (unpaired) electrons. The number of methoxy groups -OCH3 is 1. The topological polar surface area (TPSA) is 84.5 Å². The van der Waals surface area contributed by atoms with E-state index < -0.39 is 5.97 Å². The minimum Gasteiger partial charge on any atom is -0.465 e. The van der Waals surface area contributed by atoms with E-state index in [-0.39, 0.29) is 24.8 Å². The van der Waals surface area contributed by atoms with E-state index in [1.54, 1.807) is 48.5 Å². The fourth-order valence-corrected chi connectivity index (χ4v) is 2.28. The number of rotatable bonds is 6. The molecule has 0 aliphatic rings. The number of esters is 1. The zero-order valence-corrected chi connectivity index (χ0v) is 14.3. The molecule has 130 valence electrons. The number of carbonyl (C=O) groups is 3. The smallest absolute Gasteiger partial charge is 0.337 e. The standard InChI is InChI=1S/C18H17ClN2O4/c1-25-18(24)12-6-8-13(9-7-12)21-16(22)10-11-20-17(23)14-4-2-3-5-15(14)19/h2-9H,10-11H2,1H3,(H,20,23)(H,21,22). The van der Waals surface area contributed by atoms with Gasteiger partial charge in [0.1, 0.15) is 0 Å². The van der Waals surface area contributed by atoms with Crippen LogP contribution in [0.4, 0.5) is 5.69 Å². The Morgan fingerprint density at radius 2 is 1.72 bits per heavy atom. The van der Waals surface area contributed by atoms with Gasteiger partial charge in [0.05, 0.1) is 23.3 Å². The monoisotopic (exact) mass is 360 g/mol. The average Bonchev–Trinajstić information content (AvgIpc) is 2.62. The van der Waals surface area contributed by atoms with Gasteiger partial charge in [-0.2, -0.15) is 0 Å². The molecule has 0 saturated heterocycles. The third kappa shape index (κ3) is 5.32. The first-order chi connectivity index (χ1) is 12.0. The molecule has 0 bridgehead atoms. The number of carbonyl (C=O) groups excluding carboxylic acids is 3. The largest absolute Gasteiger partial charge is 0.465 e. The van der Waals surface area contributed by atoms with E-state index in [1.807, 2.05) is 0 Å². The Hall–Kier alpha value is -2.86. The first-order valence-electron chi connectivity index (χ1n) is 7.52. The van der Waals surface area contributed by atoms with Crippen LogP contribution in [0.3, 0.4) is 0 Å². The number of amides is 2. The Bertz CT molecular complexity index is 775. The molecule has 0 saturated carbocycles. The van der Waals surface area contributed by atoms with Gasteiger partial charge in [0.25, 0.3) is 5.91 Å². The quantitative estimate of drug-likeness (QED) is 0.776. The molecule has 2 amide bonds. The highest BCUT2D eigenvalue weighted by molar-refractivity contribution is 6.33. The van der Waals surface area contributed by atoms with Crippen molar-refractivity contribution < 1.29 is 19.1 Å². The van der Waals surface area contributed by atoms with Gasteiger partial charge in [0, 0.05) is 18.7 Å². The van der Waals surface area contributed by atoms with Crippen LogP contribution in [0.5, 0.6) is 0 Å². The average molecular weight is 361 g/mol. The summed E-state index contributed by atoms with van der Waals surface area (Å²) in [4.78, 5) is 35.2. The summed E-state index contributed by atoms with van der Waals surface area (Å²) >= 11 is 5.94. The summed E-state index contributed by atoms with van der Waals surface area (Å²) in [6.45, 7) is 0.177. The van der Waals surface area contributed by atoms with Crippen LogP contribution in [0.25, 0.3) is 0 Å². The predicted molar refractivity (Wildman–Crippen MR) is 94.8 cm³/mol. The molecular formula is C18H17ClN2O4. The van der Waals surface area contributed by atoms with Gasteiger partial charge >= 0.3 is 5.97 Å². The number of halogens is 1. The molecule has 0 heterocycles. The van der Waals surface area contributed by atoms with Gasteiger partial charge in [-0.15, -0.1) is 0 Å². The Balaban J connectivity index is 1.80. The van der Waals surface area contributed by atoms with Gasteiger partial charge in [0.15, 0.2) is 0 Å². The molecule has 0 aliphatic heterocycles. The summed E-state index contributed by atoms with van der Waals surface area (Å²) in [6, 6.07) is 13.0. The van der Waals surface area contributed by atoms with Gasteiger partial charge < -0.3 is 15.4 Å². The van der Waals surface area contributed by atoms with E-state index in [0.29, 0.717) is 21.8 Å². The zero-order chi connectivity index (χ0) is 18.2. The van der Waals surface area contributed by atoms with Crippen molar-refractivity contribution >= 4 is 35.1 Å². The van der Waals surface area contributed by atoms with Crippen molar-refractivity contribution in [3.05, 3.63) is 64.7 Å². The van der Waals surface area contributed by atoms with Gasteiger partial charge in [-0.3, -0.25) is 9.59 Å². The predicted octanol–water partition coefficient (Wildman–Crippen LogP) is 2.89. The van der Waals surface area contributed by atoms with Crippen LogP contribution < -0.4 is 10.6 Å². The van der Waals surface area contributed by atoms with Gasteiger partial charge in [-0.05, 0) is 36.4 Å². The Morgan fingerprint density at radius 3 is 2.36 bits per heavy atom. The number of benzene rings is 2. The number of ether oxygens (including phenoxy) is 1. The van der Waals surface area contributed by atoms with Crippen LogP contribution in [0.15, 0.2) is 48.5 Å². The van der Waals surface area contributed by atoms with Crippen LogP contribution >= 0.6 is 11.6 Å². The van der Waals surface area contributed by atoms with Crippen LogP contribution in [0.2, 0.25) is 5.02 Å². The van der Waals surface area contributed by atoms with Crippen molar-refractivity contribution in [3.63, 3.8) is 0 Å². The first-order valence-corrected chi connectivity index (χ1v) is 7.90. The lowest BCUT2D eigenvalue weighted by atomic mass is 10.2. The molecule has 0 atom stereocenters. The van der Waals surface area contributed by atoms with Gasteiger partial charge in [-0.25, -0.2) is 4.79 Å². The minimum absolute atomic E-state index is 0.106. The van der Waals surface area contributed by atoms with E-state index in [2.05, 4.69) is 15.4 Å². The minimum atomic E-state index is -0.444. The summed E-state index contributed by atoms with van der Waals surface area (Å²) < 4.78 is 4.60. The van der Waals surface area contributed by atoms with Gasteiger partial charge in [-0.1, -0.05) is 23.7 Å². The van der Waals surface area contributed by atoms with E-state index in [4.69, 9.17) is 11.6 Å². The molecular weight excluding hydrogens is 344 g/mol. The molecule has 0 unspecified atom stereocenters. The maximum absolute atomic E-state index is 12.0. The maximum Gasteiger partial charge on any atom is 0.337 e. The molecule has 6 nitrogen and oxygen atoms in total. The van der Waals surface area contributed by atoms with Crippen LogP contribution in [-0.2, 0) is 9.53 Å². The van der Waals surface area contributed by atoms with Crippen molar-refractivity contribution in [2.45, 2.75) is 6.42 Å². The van der Waals surface area contributed by atoms with E-state index >= 15 is 0 Å². The summed E-state index contributed by atoms with van der Waals surface area (Å²) in [6.07, 6.45) is 0.106. The van der Waals surface area contributed by atoms with Crippen LogP contribution in [-0.4, -0.2) is 31.4 Å². The second kappa shape index (κ2) is 8.84. The molecule has 2 N–H and O–H groups in total. The molecule has 2 aromatic rings. The number of nitrogens with one attached hydrogen (secondary N) is 2. The summed E-state index contributed by atoms with van der Waals surface area (Å²) in [5.41, 5.74) is 1.31. The fraction of sp³-hybridized carbons (Fsp3) is 0.167. The third-order valence-electron chi connectivity index (χ3n) is 3.35. The third-order valence-corrected chi connectivity index (χ3v) is 3.68. The second-order valence-electron chi connectivity index (χ2n) is 5.10. The van der Waals surface area contributed by atoms with E-state index in [0.717, 1.165) is 0 Å². The lowest BCUT2D eigenvalue weighted by Gasteiger charge is -2.08. The number of anilines is 1. The lowest BCUT2D eigenvalue weighted by molar-refractivity contribution is -0.116. The molecule has 0 aliphatic carbocycles. The molecule has 2 aromatic carbocycles. The molecule has 2 rings (SSSR count). The first kappa shape index (κ1) is 18.5.